The number of hydrogen-bond donors (Lipinski definition) is 1. The third kappa shape index (κ3) is 3.07. The zero-order valence-electron chi connectivity index (χ0n) is 13.8. The Balaban J connectivity index is 2.43. The summed E-state index contributed by atoms with van der Waals surface area (Å²) >= 11 is 0. The molecule has 1 amide bonds. The van der Waals surface area contributed by atoms with Gasteiger partial charge in [0.15, 0.2) is 0 Å². The third-order valence-corrected chi connectivity index (χ3v) is 4.01. The van der Waals surface area contributed by atoms with Crippen LogP contribution in [0.25, 0.3) is 0 Å². The van der Waals surface area contributed by atoms with Crippen LogP contribution in [0.1, 0.15) is 42.5 Å². The normalized spacial score (nSPS) is 15.6. The highest BCUT2D eigenvalue weighted by atomic mass is 16.5. The molecule has 118 valence electrons. The SMILES string of the molecule is CCn1c(C)c(N2CCOCC2)c(C)c1C(=O)NC(C)C. The summed E-state index contributed by atoms with van der Waals surface area (Å²) < 4.78 is 7.56. The molecule has 0 atom stereocenters. The lowest BCUT2D eigenvalue weighted by Crippen LogP contribution is -2.37. The van der Waals surface area contributed by atoms with Gasteiger partial charge in [-0.05, 0) is 34.6 Å². The zero-order chi connectivity index (χ0) is 15.6. The van der Waals surface area contributed by atoms with Crippen molar-refractivity contribution in [1.29, 1.82) is 0 Å². The lowest BCUT2D eigenvalue weighted by molar-refractivity contribution is 0.0933. The number of morpholine rings is 1. The van der Waals surface area contributed by atoms with Gasteiger partial charge in [-0.15, -0.1) is 0 Å². The van der Waals surface area contributed by atoms with Crippen molar-refractivity contribution in [2.75, 3.05) is 31.2 Å². The first-order valence-corrected chi connectivity index (χ1v) is 7.80. The topological polar surface area (TPSA) is 46.5 Å². The molecule has 1 aromatic heterocycles. The molecule has 1 N–H and O–H groups in total. The molecule has 1 aromatic rings. The Kier molecular flexibility index (Phi) is 4.93. The molecule has 5 nitrogen and oxygen atoms in total. The van der Waals surface area contributed by atoms with Crippen molar-refractivity contribution in [3.05, 3.63) is 17.0 Å². The Bertz CT molecular complexity index is 514. The predicted octanol–water partition coefficient (Wildman–Crippen LogP) is 2.10. The molecule has 1 aliphatic rings. The molecule has 1 aliphatic heterocycles. The Morgan fingerprint density at radius 2 is 1.90 bits per heavy atom. The van der Waals surface area contributed by atoms with Gasteiger partial charge in [0.2, 0.25) is 0 Å². The van der Waals surface area contributed by atoms with E-state index in [1.54, 1.807) is 0 Å². The minimum absolute atomic E-state index is 0.0203. The molecule has 0 unspecified atom stereocenters. The van der Waals surface area contributed by atoms with Crippen LogP contribution in [0.5, 0.6) is 0 Å². The maximum atomic E-state index is 12.5. The van der Waals surface area contributed by atoms with Gasteiger partial charge in [-0.25, -0.2) is 0 Å². The minimum atomic E-state index is 0.0203. The summed E-state index contributed by atoms with van der Waals surface area (Å²) in [7, 11) is 0. The van der Waals surface area contributed by atoms with E-state index in [2.05, 4.69) is 35.6 Å². The molecule has 0 bridgehead atoms. The first-order chi connectivity index (χ1) is 9.97. The Morgan fingerprint density at radius 3 is 2.43 bits per heavy atom. The van der Waals surface area contributed by atoms with Gasteiger partial charge in [-0.2, -0.15) is 0 Å². The van der Waals surface area contributed by atoms with E-state index in [0.29, 0.717) is 0 Å². The van der Waals surface area contributed by atoms with E-state index in [0.717, 1.165) is 44.1 Å². The summed E-state index contributed by atoms with van der Waals surface area (Å²) in [6, 6.07) is 0.143. The van der Waals surface area contributed by atoms with E-state index in [1.165, 1.54) is 11.4 Å². The van der Waals surface area contributed by atoms with Crippen molar-refractivity contribution in [1.82, 2.24) is 9.88 Å². The van der Waals surface area contributed by atoms with Crippen molar-refractivity contribution in [2.24, 2.45) is 0 Å². The van der Waals surface area contributed by atoms with Crippen molar-refractivity contribution in [3.63, 3.8) is 0 Å². The molecule has 2 heterocycles. The molecule has 0 saturated carbocycles. The summed E-state index contributed by atoms with van der Waals surface area (Å²) in [5.41, 5.74) is 4.25. The first kappa shape index (κ1) is 15.9. The fraction of sp³-hybridized carbons (Fsp3) is 0.688. The number of carbonyl (C=O) groups is 1. The largest absolute Gasteiger partial charge is 0.378 e. The van der Waals surface area contributed by atoms with Gasteiger partial charge in [0, 0.05) is 36.9 Å². The second-order valence-corrected chi connectivity index (χ2v) is 5.88. The monoisotopic (exact) mass is 293 g/mol. The van der Waals surface area contributed by atoms with Gasteiger partial charge < -0.3 is 19.5 Å². The molecule has 21 heavy (non-hydrogen) atoms. The van der Waals surface area contributed by atoms with E-state index in [-0.39, 0.29) is 11.9 Å². The van der Waals surface area contributed by atoms with E-state index < -0.39 is 0 Å². The number of ether oxygens (including phenoxy) is 1. The maximum Gasteiger partial charge on any atom is 0.268 e. The molecular weight excluding hydrogens is 266 g/mol. The fourth-order valence-electron chi connectivity index (χ4n) is 3.15. The van der Waals surface area contributed by atoms with E-state index in [1.807, 2.05) is 13.8 Å². The van der Waals surface area contributed by atoms with E-state index in [4.69, 9.17) is 4.74 Å². The van der Waals surface area contributed by atoms with Crippen molar-refractivity contribution in [3.8, 4) is 0 Å². The fourth-order valence-corrected chi connectivity index (χ4v) is 3.15. The number of anilines is 1. The molecule has 0 radical (unpaired) electrons. The van der Waals surface area contributed by atoms with Gasteiger partial charge in [0.05, 0.1) is 18.9 Å². The Hall–Kier alpha value is -1.49. The lowest BCUT2D eigenvalue weighted by atomic mass is 10.1. The summed E-state index contributed by atoms with van der Waals surface area (Å²) in [6.45, 7) is 14.3. The van der Waals surface area contributed by atoms with Gasteiger partial charge in [0.25, 0.3) is 5.91 Å². The maximum absolute atomic E-state index is 12.5. The van der Waals surface area contributed by atoms with Crippen LogP contribution in [0.3, 0.4) is 0 Å². The summed E-state index contributed by atoms with van der Waals surface area (Å²) in [5, 5.41) is 3.02. The third-order valence-electron chi connectivity index (χ3n) is 4.01. The van der Waals surface area contributed by atoms with E-state index >= 15 is 0 Å². The number of aromatic nitrogens is 1. The molecule has 2 rings (SSSR count). The smallest absolute Gasteiger partial charge is 0.268 e. The van der Waals surface area contributed by atoms with Crippen LogP contribution in [0.4, 0.5) is 5.69 Å². The Morgan fingerprint density at radius 1 is 1.29 bits per heavy atom. The quantitative estimate of drug-likeness (QED) is 0.925. The first-order valence-electron chi connectivity index (χ1n) is 7.80. The molecule has 1 saturated heterocycles. The molecule has 0 aromatic carbocycles. The Labute approximate surface area is 127 Å². The summed E-state index contributed by atoms with van der Waals surface area (Å²) in [6.07, 6.45) is 0. The van der Waals surface area contributed by atoms with Gasteiger partial charge in [-0.1, -0.05) is 0 Å². The highest BCUT2D eigenvalue weighted by Crippen LogP contribution is 2.31. The second-order valence-electron chi connectivity index (χ2n) is 5.88. The standard InChI is InChI=1S/C16H27N3O2/c1-6-19-13(5)14(18-7-9-21-10-8-18)12(4)15(19)16(20)17-11(2)3/h11H,6-10H2,1-5H3,(H,17,20). The average molecular weight is 293 g/mol. The molecular formula is C16H27N3O2. The van der Waals surface area contributed by atoms with Gasteiger partial charge in [-0.3, -0.25) is 4.79 Å². The minimum Gasteiger partial charge on any atom is -0.378 e. The van der Waals surface area contributed by atoms with Crippen LogP contribution < -0.4 is 10.2 Å². The van der Waals surface area contributed by atoms with Crippen LogP contribution in [0, 0.1) is 13.8 Å². The highest BCUT2D eigenvalue weighted by Gasteiger charge is 2.26. The zero-order valence-corrected chi connectivity index (χ0v) is 13.8. The van der Waals surface area contributed by atoms with E-state index in [9.17, 15) is 4.79 Å². The number of amides is 1. The van der Waals surface area contributed by atoms with Crippen LogP contribution in [0.2, 0.25) is 0 Å². The van der Waals surface area contributed by atoms with Gasteiger partial charge in [0.1, 0.15) is 5.69 Å². The van der Waals surface area contributed by atoms with Crippen LogP contribution in [-0.2, 0) is 11.3 Å². The van der Waals surface area contributed by atoms with Crippen molar-refractivity contribution < 1.29 is 9.53 Å². The van der Waals surface area contributed by atoms with Crippen LogP contribution in [-0.4, -0.2) is 42.8 Å². The van der Waals surface area contributed by atoms with Gasteiger partial charge >= 0.3 is 0 Å². The summed E-state index contributed by atoms with van der Waals surface area (Å²) in [5.74, 6) is 0.0203. The number of nitrogens with zero attached hydrogens (tertiary/aromatic N) is 2. The molecule has 1 fully saturated rings. The number of carbonyl (C=O) groups excluding carboxylic acids is 1. The molecule has 0 spiro atoms. The number of rotatable bonds is 4. The summed E-state index contributed by atoms with van der Waals surface area (Å²) in [4.78, 5) is 14.9. The molecule has 0 aliphatic carbocycles. The highest BCUT2D eigenvalue weighted by molar-refractivity contribution is 5.96. The lowest BCUT2D eigenvalue weighted by Gasteiger charge is -2.29. The molecule has 5 heteroatoms. The van der Waals surface area contributed by atoms with Crippen LogP contribution >= 0.6 is 0 Å². The number of nitrogens with one attached hydrogen (secondary N) is 1. The van der Waals surface area contributed by atoms with Crippen molar-refractivity contribution in [2.45, 2.75) is 47.2 Å². The average Bonchev–Trinajstić information content (AvgIpc) is 2.69. The van der Waals surface area contributed by atoms with Crippen LogP contribution in [0.15, 0.2) is 0 Å². The predicted molar refractivity (Wildman–Crippen MR) is 85.2 cm³/mol. The van der Waals surface area contributed by atoms with Crippen molar-refractivity contribution >= 4 is 11.6 Å². The number of hydrogen-bond acceptors (Lipinski definition) is 3. The second kappa shape index (κ2) is 6.52.